The summed E-state index contributed by atoms with van der Waals surface area (Å²) in [5.41, 5.74) is 3.83. The van der Waals surface area contributed by atoms with Crippen LogP contribution in [0.2, 0.25) is 0 Å². The number of fused-ring (bicyclic) bond motifs is 1. The quantitative estimate of drug-likeness (QED) is 0.935. The van der Waals surface area contributed by atoms with Gasteiger partial charge in [0.2, 0.25) is 5.91 Å². The van der Waals surface area contributed by atoms with E-state index in [9.17, 15) is 4.79 Å². The summed E-state index contributed by atoms with van der Waals surface area (Å²) in [4.78, 5) is 16.3. The molecule has 1 fully saturated rings. The molecule has 0 unspecified atom stereocenters. The average Bonchev–Trinajstić information content (AvgIpc) is 3.27. The van der Waals surface area contributed by atoms with Crippen molar-refractivity contribution in [2.75, 3.05) is 13.1 Å². The summed E-state index contributed by atoms with van der Waals surface area (Å²) in [5, 5.41) is 5.53. The molecule has 0 bridgehead atoms. The molecule has 1 atom stereocenters. The number of benzene rings is 1. The van der Waals surface area contributed by atoms with Gasteiger partial charge in [-0.15, -0.1) is 11.3 Å². The van der Waals surface area contributed by atoms with E-state index >= 15 is 0 Å². The number of nitrogens with zero attached hydrogens (tertiary/aromatic N) is 1. The number of hydrogen-bond acceptors (Lipinski definition) is 3. The van der Waals surface area contributed by atoms with Gasteiger partial charge in [0.25, 0.3) is 0 Å². The van der Waals surface area contributed by atoms with Crippen LogP contribution in [-0.2, 0) is 11.2 Å². The van der Waals surface area contributed by atoms with Crippen LogP contribution in [0, 0.1) is 6.92 Å². The Labute approximate surface area is 141 Å². The van der Waals surface area contributed by atoms with Crippen molar-refractivity contribution in [3.63, 3.8) is 0 Å². The predicted octanol–water partition coefficient (Wildman–Crippen LogP) is 3.28. The van der Waals surface area contributed by atoms with E-state index in [0.29, 0.717) is 12.6 Å². The van der Waals surface area contributed by atoms with Crippen LogP contribution < -0.4 is 5.32 Å². The maximum atomic E-state index is 12.8. The van der Waals surface area contributed by atoms with Crippen LogP contribution in [0.4, 0.5) is 0 Å². The Morgan fingerprint density at radius 3 is 2.87 bits per heavy atom. The van der Waals surface area contributed by atoms with Gasteiger partial charge < -0.3 is 10.2 Å². The van der Waals surface area contributed by atoms with Gasteiger partial charge in [0, 0.05) is 17.5 Å². The van der Waals surface area contributed by atoms with Crippen LogP contribution in [-0.4, -0.2) is 29.9 Å². The van der Waals surface area contributed by atoms with E-state index in [0.717, 1.165) is 13.0 Å². The van der Waals surface area contributed by atoms with Crippen LogP contribution >= 0.6 is 11.3 Å². The Kier molecular flexibility index (Phi) is 3.95. The lowest BCUT2D eigenvalue weighted by atomic mass is 9.90. The fourth-order valence-corrected chi connectivity index (χ4v) is 4.34. The second-order valence-corrected chi connectivity index (χ2v) is 7.55. The zero-order valence-corrected chi connectivity index (χ0v) is 14.2. The van der Waals surface area contributed by atoms with E-state index in [1.165, 1.54) is 34.4 Å². The van der Waals surface area contributed by atoms with Crippen molar-refractivity contribution in [2.24, 2.45) is 0 Å². The zero-order chi connectivity index (χ0) is 15.8. The number of hydrogen-bond donors (Lipinski definition) is 1. The molecule has 1 aromatic carbocycles. The molecule has 1 aliphatic carbocycles. The molecule has 120 valence electrons. The molecule has 4 heteroatoms. The molecule has 1 aromatic heterocycles. The molecule has 1 amide bonds. The van der Waals surface area contributed by atoms with Gasteiger partial charge in [-0.1, -0.05) is 24.3 Å². The molecule has 0 spiro atoms. The maximum Gasteiger partial charge on any atom is 0.237 e. The minimum atomic E-state index is 0.0692. The van der Waals surface area contributed by atoms with Crippen molar-refractivity contribution < 1.29 is 4.79 Å². The van der Waals surface area contributed by atoms with E-state index < -0.39 is 0 Å². The fraction of sp³-hybridized carbons (Fsp3) is 0.421. The molecular formula is C19H22N2OS. The highest BCUT2D eigenvalue weighted by Gasteiger charge is 2.33. The van der Waals surface area contributed by atoms with Crippen molar-refractivity contribution in [2.45, 2.75) is 38.3 Å². The van der Waals surface area contributed by atoms with E-state index in [2.05, 4.69) is 52.9 Å². The molecular weight excluding hydrogens is 304 g/mol. The molecule has 0 radical (unpaired) electrons. The van der Waals surface area contributed by atoms with Gasteiger partial charge in [0.15, 0.2) is 0 Å². The first-order chi connectivity index (χ1) is 11.2. The molecule has 3 nitrogen and oxygen atoms in total. The van der Waals surface area contributed by atoms with Crippen LogP contribution in [0.5, 0.6) is 0 Å². The lowest BCUT2D eigenvalue weighted by molar-refractivity contribution is -0.132. The Hall–Kier alpha value is -1.65. The third kappa shape index (κ3) is 2.93. The minimum Gasteiger partial charge on any atom is -0.330 e. The smallest absolute Gasteiger partial charge is 0.237 e. The number of carbonyl (C=O) groups is 1. The van der Waals surface area contributed by atoms with Gasteiger partial charge >= 0.3 is 0 Å². The summed E-state index contributed by atoms with van der Waals surface area (Å²) in [7, 11) is 0. The first kappa shape index (κ1) is 14.9. The van der Waals surface area contributed by atoms with Crippen LogP contribution in [0.1, 0.15) is 40.5 Å². The van der Waals surface area contributed by atoms with Crippen molar-refractivity contribution in [1.82, 2.24) is 10.2 Å². The number of carbonyl (C=O) groups excluding carboxylic acids is 1. The Morgan fingerprint density at radius 1 is 1.26 bits per heavy atom. The van der Waals surface area contributed by atoms with E-state index in [-0.39, 0.29) is 11.9 Å². The third-order valence-electron chi connectivity index (χ3n) is 4.89. The van der Waals surface area contributed by atoms with Gasteiger partial charge in [-0.2, -0.15) is 0 Å². The standard InChI is InChI=1S/C19H22N2OS/c1-13-4-2-3-5-15(13)19-16-9-11-23-17(16)8-10-21(19)18(22)12-20-14-6-7-14/h2-5,9,11,14,19-20H,6-8,10,12H2,1H3/t19-/m1/s1. The van der Waals surface area contributed by atoms with Gasteiger partial charge in [0.05, 0.1) is 12.6 Å². The van der Waals surface area contributed by atoms with Gasteiger partial charge in [0.1, 0.15) is 0 Å². The summed E-state index contributed by atoms with van der Waals surface area (Å²) >= 11 is 1.82. The summed E-state index contributed by atoms with van der Waals surface area (Å²) in [6.07, 6.45) is 3.40. The Balaban J connectivity index is 1.67. The third-order valence-corrected chi connectivity index (χ3v) is 5.89. The molecule has 2 aromatic rings. The number of amides is 1. The van der Waals surface area contributed by atoms with Crippen LogP contribution in [0.25, 0.3) is 0 Å². The van der Waals surface area contributed by atoms with Crippen molar-refractivity contribution in [3.05, 3.63) is 57.3 Å². The lowest BCUT2D eigenvalue weighted by Crippen LogP contribution is -2.44. The normalized spacial score (nSPS) is 20.4. The van der Waals surface area contributed by atoms with Gasteiger partial charge in [-0.25, -0.2) is 0 Å². The summed E-state index contributed by atoms with van der Waals surface area (Å²) < 4.78 is 0. The molecule has 2 aliphatic rings. The topological polar surface area (TPSA) is 32.3 Å². The molecule has 23 heavy (non-hydrogen) atoms. The number of aryl methyl sites for hydroxylation is 1. The summed E-state index contributed by atoms with van der Waals surface area (Å²) in [6.45, 7) is 3.42. The first-order valence-electron chi connectivity index (χ1n) is 8.38. The average molecular weight is 326 g/mol. The molecule has 1 aliphatic heterocycles. The van der Waals surface area contributed by atoms with Crippen LogP contribution in [0.3, 0.4) is 0 Å². The molecule has 0 saturated heterocycles. The highest BCUT2D eigenvalue weighted by Crippen LogP contribution is 2.38. The molecule has 1 saturated carbocycles. The van der Waals surface area contributed by atoms with Crippen LogP contribution in [0.15, 0.2) is 35.7 Å². The van der Waals surface area contributed by atoms with E-state index in [4.69, 9.17) is 0 Å². The molecule has 2 heterocycles. The molecule has 4 rings (SSSR count). The highest BCUT2D eigenvalue weighted by molar-refractivity contribution is 7.10. The minimum absolute atomic E-state index is 0.0692. The van der Waals surface area contributed by atoms with Crippen molar-refractivity contribution >= 4 is 17.2 Å². The fourth-order valence-electron chi connectivity index (χ4n) is 3.43. The maximum absolute atomic E-state index is 12.8. The highest BCUT2D eigenvalue weighted by atomic mass is 32.1. The second-order valence-electron chi connectivity index (χ2n) is 6.55. The van der Waals surface area contributed by atoms with E-state index in [1.54, 1.807) is 0 Å². The second kappa shape index (κ2) is 6.10. The SMILES string of the molecule is Cc1ccccc1[C@@H]1c2ccsc2CCN1C(=O)CNC1CC1. The van der Waals surface area contributed by atoms with E-state index in [1.807, 2.05) is 11.3 Å². The number of thiophene rings is 1. The lowest BCUT2D eigenvalue weighted by Gasteiger charge is -2.37. The first-order valence-corrected chi connectivity index (χ1v) is 9.26. The Morgan fingerprint density at radius 2 is 2.09 bits per heavy atom. The monoisotopic (exact) mass is 326 g/mol. The van der Waals surface area contributed by atoms with Gasteiger partial charge in [-0.05, 0) is 54.3 Å². The summed E-state index contributed by atoms with van der Waals surface area (Å²) in [5.74, 6) is 0.224. The van der Waals surface area contributed by atoms with Gasteiger partial charge in [-0.3, -0.25) is 4.79 Å². The zero-order valence-electron chi connectivity index (χ0n) is 13.4. The number of rotatable bonds is 4. The largest absolute Gasteiger partial charge is 0.330 e. The predicted molar refractivity (Wildman–Crippen MR) is 93.8 cm³/mol. The molecule has 1 N–H and O–H groups in total. The van der Waals surface area contributed by atoms with Crippen molar-refractivity contribution in [1.29, 1.82) is 0 Å². The Bertz CT molecular complexity index is 720. The number of nitrogens with one attached hydrogen (secondary N) is 1. The van der Waals surface area contributed by atoms with Crippen molar-refractivity contribution in [3.8, 4) is 0 Å². The summed E-state index contributed by atoms with van der Waals surface area (Å²) in [6, 6.07) is 11.3.